The lowest BCUT2D eigenvalue weighted by atomic mass is 10.0. The fourth-order valence-electron chi connectivity index (χ4n) is 4.15. The van der Waals surface area contributed by atoms with E-state index < -0.39 is 6.17 Å². The van der Waals surface area contributed by atoms with Gasteiger partial charge in [0.2, 0.25) is 11.9 Å². The zero-order valence-corrected chi connectivity index (χ0v) is 22.8. The number of hydrogen-bond donors (Lipinski definition) is 1. The molecule has 3 aromatic rings. The summed E-state index contributed by atoms with van der Waals surface area (Å²) in [6.45, 7) is 0.638. The summed E-state index contributed by atoms with van der Waals surface area (Å²) < 4.78 is 9.65. The first-order valence-corrected chi connectivity index (χ1v) is 12.6. The van der Waals surface area contributed by atoms with Crippen molar-refractivity contribution in [3.63, 3.8) is 0 Å². The van der Waals surface area contributed by atoms with Crippen LogP contribution in [-0.4, -0.2) is 67.4 Å². The lowest BCUT2D eigenvalue weighted by molar-refractivity contribution is -0.119. The van der Waals surface area contributed by atoms with Crippen molar-refractivity contribution in [1.29, 1.82) is 0 Å². The number of amides is 1. The topological polar surface area (TPSA) is 70.0 Å². The van der Waals surface area contributed by atoms with Crippen LogP contribution in [0.15, 0.2) is 71.7 Å². The molecule has 37 heavy (non-hydrogen) atoms. The van der Waals surface area contributed by atoms with E-state index in [0.717, 1.165) is 40.3 Å². The number of thiocarbonyl (C=S) groups is 1. The molecule has 0 spiro atoms. The number of benzene rings is 3. The van der Waals surface area contributed by atoms with Crippen LogP contribution in [0.1, 0.15) is 16.7 Å². The summed E-state index contributed by atoms with van der Waals surface area (Å²) in [7, 11) is 7.00. The van der Waals surface area contributed by atoms with Crippen molar-refractivity contribution in [2.75, 3.05) is 39.8 Å². The molecule has 0 bridgehead atoms. The van der Waals surface area contributed by atoms with Gasteiger partial charge in [-0.25, -0.2) is 4.99 Å². The highest BCUT2D eigenvalue weighted by molar-refractivity contribution is 7.80. The zero-order chi connectivity index (χ0) is 26.5. The summed E-state index contributed by atoms with van der Waals surface area (Å²) in [6.07, 6.45) is -0.161. The summed E-state index contributed by atoms with van der Waals surface area (Å²) in [5.74, 6) is 1.33. The third-order valence-corrected chi connectivity index (χ3v) is 6.94. The summed E-state index contributed by atoms with van der Waals surface area (Å²) in [6, 6.07) is 21.1. The van der Waals surface area contributed by atoms with Crippen LogP contribution in [0, 0.1) is 0 Å². The Morgan fingerprint density at radius 3 is 2.65 bits per heavy atom. The molecule has 0 saturated carbocycles. The van der Waals surface area contributed by atoms with Crippen molar-refractivity contribution in [2.24, 2.45) is 4.99 Å². The number of hydrogen-bond acceptors (Lipinski definition) is 4. The molecule has 0 radical (unpaired) electrons. The van der Waals surface area contributed by atoms with Crippen molar-refractivity contribution in [3.8, 4) is 11.5 Å². The van der Waals surface area contributed by atoms with Crippen LogP contribution in [0.5, 0.6) is 11.5 Å². The first kappa shape index (κ1) is 26.4. The van der Waals surface area contributed by atoms with Crippen LogP contribution >= 0.6 is 23.8 Å². The number of anilines is 1. The van der Waals surface area contributed by atoms with E-state index in [1.165, 1.54) is 0 Å². The molecule has 1 aliphatic rings. The predicted octanol–water partition coefficient (Wildman–Crippen LogP) is 4.41. The molecule has 9 heteroatoms. The molecule has 1 heterocycles. The van der Waals surface area contributed by atoms with E-state index in [4.69, 9.17) is 33.5 Å². The Morgan fingerprint density at radius 1 is 1.19 bits per heavy atom. The Bertz CT molecular complexity index is 1330. The second-order valence-corrected chi connectivity index (χ2v) is 9.48. The monoisotopic (exact) mass is 537 g/mol. The molecule has 4 rings (SSSR count). The van der Waals surface area contributed by atoms with E-state index in [9.17, 15) is 4.79 Å². The molecule has 1 unspecified atom stereocenters. The second-order valence-electron chi connectivity index (χ2n) is 8.66. The third-order valence-electron chi connectivity index (χ3n) is 6.27. The van der Waals surface area contributed by atoms with Crippen LogP contribution < -0.4 is 15.0 Å². The van der Waals surface area contributed by atoms with Gasteiger partial charge in [-0.2, -0.15) is 0 Å². The van der Waals surface area contributed by atoms with E-state index in [1.54, 1.807) is 32.2 Å². The van der Waals surface area contributed by atoms with Gasteiger partial charge >= 0.3 is 0 Å². The van der Waals surface area contributed by atoms with E-state index in [-0.39, 0.29) is 5.91 Å². The van der Waals surface area contributed by atoms with Gasteiger partial charge in [0.15, 0.2) is 12.2 Å². The number of aliphatic hydroxyl groups is 1. The quantitative estimate of drug-likeness (QED) is 0.357. The Hall–Kier alpha value is -3.62. The van der Waals surface area contributed by atoms with Crippen LogP contribution in [0.25, 0.3) is 0 Å². The molecular weight excluding hydrogens is 508 g/mol. The first-order chi connectivity index (χ1) is 17.8. The summed E-state index contributed by atoms with van der Waals surface area (Å²) in [5.41, 5.74) is 4.18. The molecule has 0 saturated heterocycles. The van der Waals surface area contributed by atoms with Crippen LogP contribution in [0.2, 0.25) is 5.02 Å². The predicted molar refractivity (Wildman–Crippen MR) is 153 cm³/mol. The van der Waals surface area contributed by atoms with Gasteiger partial charge in [-0.05, 0) is 54.5 Å². The van der Waals surface area contributed by atoms with E-state index >= 15 is 0 Å². The molecule has 192 valence electrons. The highest BCUT2D eigenvalue weighted by atomic mass is 35.5. The highest BCUT2D eigenvalue weighted by Crippen LogP contribution is 2.30. The molecule has 1 amide bonds. The van der Waals surface area contributed by atoms with E-state index in [2.05, 4.69) is 10.1 Å². The molecule has 3 aromatic carbocycles. The standard InChI is InChI=1S/C28H29ClN4O3S/c1-32(15-14-18-10-13-23(35-3)24(16-18)36-4)28(37)31-26-27(34)33(2)22-12-11-20(29)17-21(22)25(30-26)19-8-6-5-7-9-19/h5-13,16-17,26H,14-15H2,1-4H3,(H,31,37)/p+1. The van der Waals surface area contributed by atoms with Crippen LogP contribution in [-0.2, 0) is 11.2 Å². The third kappa shape index (κ3) is 5.87. The Morgan fingerprint density at radius 2 is 1.95 bits per heavy atom. The molecule has 0 aromatic heterocycles. The Balaban J connectivity index is 1.55. The summed E-state index contributed by atoms with van der Waals surface area (Å²) in [5, 5.41) is 4.17. The van der Waals surface area contributed by atoms with Gasteiger partial charge in [0.1, 0.15) is 0 Å². The van der Waals surface area contributed by atoms with Crippen molar-refractivity contribution >= 4 is 46.2 Å². The molecule has 7 nitrogen and oxygen atoms in total. The number of benzodiazepines with no additional fused rings is 1. The largest absolute Gasteiger partial charge is 0.582 e. The van der Waals surface area contributed by atoms with Crippen LogP contribution in [0.3, 0.4) is 0 Å². The lowest BCUT2D eigenvalue weighted by Gasteiger charge is -2.25. The van der Waals surface area contributed by atoms with Gasteiger partial charge in [0.05, 0.1) is 18.5 Å². The number of nitrogens with zero attached hydrogens (tertiary/aromatic N) is 3. The minimum Gasteiger partial charge on any atom is -0.582 e. The van der Waals surface area contributed by atoms with E-state index in [0.29, 0.717) is 22.4 Å². The number of ether oxygens (including phenoxy) is 2. The maximum absolute atomic E-state index is 13.5. The number of halogens is 1. The summed E-state index contributed by atoms with van der Waals surface area (Å²) in [4.78, 5) is 21.8. The number of likely N-dealkylation sites (N-methyl/N-ethyl adjacent to an activating group) is 2. The number of aliphatic imine (C=N–C) groups is 1. The molecular formula is C28H30ClN4O3S+. The Kier molecular flexibility index (Phi) is 8.31. The fourth-order valence-corrected chi connectivity index (χ4v) is 4.53. The number of carbonyl (C=O) groups excluding carboxylic acids is 1. The van der Waals surface area contributed by atoms with Gasteiger partial charge in [-0.3, -0.25) is 4.79 Å². The van der Waals surface area contributed by atoms with Gasteiger partial charge < -0.3 is 24.6 Å². The smallest absolute Gasteiger partial charge is 0.297 e. The normalized spacial score (nSPS) is 14.8. The minimum absolute atomic E-state index is 0.214. The average Bonchev–Trinajstić information content (AvgIpc) is 3.02. The van der Waals surface area contributed by atoms with Crippen molar-refractivity contribution < 1.29 is 14.3 Å². The lowest BCUT2D eigenvalue weighted by Crippen LogP contribution is -2.50. The van der Waals surface area contributed by atoms with E-state index in [1.807, 2.05) is 72.6 Å². The van der Waals surface area contributed by atoms with Gasteiger partial charge in [-0.15, -0.1) is 0 Å². The van der Waals surface area contributed by atoms with Gasteiger partial charge in [-0.1, -0.05) is 41.9 Å². The number of aromatic hydroxyl groups is 1. The highest BCUT2D eigenvalue weighted by Gasteiger charge is 2.31. The van der Waals surface area contributed by atoms with Gasteiger partial charge in [0, 0.05) is 42.9 Å². The number of nitrogens with one attached hydrogen (secondary N) is 1. The molecule has 1 atom stereocenters. The summed E-state index contributed by atoms with van der Waals surface area (Å²) >= 11 is 12.0. The van der Waals surface area contributed by atoms with Gasteiger partial charge in [0.25, 0.3) is 11.7 Å². The SMILES string of the molecule is COc1cc(CCN(C)C(=S)NC2N=C(c3ccccc3)c3cc(Cl)ccc3N(C)C2=O)ccc1[OH+]C. The molecule has 0 fully saturated rings. The fraction of sp³-hybridized carbons (Fsp3) is 0.250. The molecule has 1 aliphatic heterocycles. The molecule has 2 N–H and O–H groups in total. The van der Waals surface area contributed by atoms with Crippen molar-refractivity contribution in [1.82, 2.24) is 10.2 Å². The minimum atomic E-state index is -0.896. The van der Waals surface area contributed by atoms with Crippen molar-refractivity contribution in [2.45, 2.75) is 12.6 Å². The maximum atomic E-state index is 13.5. The Labute approximate surface area is 227 Å². The second kappa shape index (κ2) is 11.6. The van der Waals surface area contributed by atoms with Crippen molar-refractivity contribution in [3.05, 3.63) is 88.4 Å². The molecule has 0 aliphatic carbocycles. The number of methoxy groups -OCH3 is 1. The maximum Gasteiger partial charge on any atom is 0.297 e. The number of carbonyl (C=O) groups is 1. The zero-order valence-electron chi connectivity index (χ0n) is 21.2. The van der Waals surface area contributed by atoms with Crippen LogP contribution in [0.4, 0.5) is 5.69 Å². The number of fused-ring (bicyclic) bond motifs is 1. The number of rotatable bonds is 7. The first-order valence-electron chi connectivity index (χ1n) is 11.8. The average molecular weight is 538 g/mol.